The summed E-state index contributed by atoms with van der Waals surface area (Å²) in [6.07, 6.45) is 10.0. The third kappa shape index (κ3) is 2.93. The third-order valence-electron chi connectivity index (χ3n) is 5.58. The van der Waals surface area contributed by atoms with Crippen LogP contribution in [0.1, 0.15) is 36.3 Å². The summed E-state index contributed by atoms with van der Waals surface area (Å²) >= 11 is 0. The highest BCUT2D eigenvalue weighted by atomic mass is 16.5. The minimum atomic E-state index is -0.263. The molecule has 1 aliphatic carbocycles. The molecule has 29 heavy (non-hydrogen) atoms. The fourth-order valence-electron chi connectivity index (χ4n) is 3.73. The molecule has 0 saturated heterocycles. The predicted molar refractivity (Wildman–Crippen MR) is 107 cm³/mol. The summed E-state index contributed by atoms with van der Waals surface area (Å²) in [5, 5.41) is 4.32. The maximum Gasteiger partial charge on any atom is 0.259 e. The van der Waals surface area contributed by atoms with Crippen molar-refractivity contribution in [1.82, 2.24) is 30.1 Å². The van der Waals surface area contributed by atoms with Gasteiger partial charge in [0, 0.05) is 36.0 Å². The Kier molecular flexibility index (Phi) is 4.04. The zero-order valence-corrected chi connectivity index (χ0v) is 15.9. The first-order valence-corrected chi connectivity index (χ1v) is 9.46. The average Bonchev–Trinajstić information content (AvgIpc) is 3.19. The lowest BCUT2D eigenvalue weighted by atomic mass is 9.64. The van der Waals surface area contributed by atoms with E-state index in [0.717, 1.165) is 47.3 Å². The van der Waals surface area contributed by atoms with Crippen molar-refractivity contribution in [1.29, 1.82) is 0 Å². The Morgan fingerprint density at radius 1 is 1.00 bits per heavy atom. The summed E-state index contributed by atoms with van der Waals surface area (Å²) in [4.78, 5) is 21.7. The Morgan fingerprint density at radius 3 is 2.48 bits per heavy atom. The number of hydrogen-bond acceptors (Lipinski definition) is 8. The van der Waals surface area contributed by atoms with Gasteiger partial charge in [0.1, 0.15) is 0 Å². The van der Waals surface area contributed by atoms with E-state index in [2.05, 4.69) is 31.2 Å². The number of nitrogen functional groups attached to an aromatic ring is 1. The molecule has 144 valence electrons. The van der Waals surface area contributed by atoms with Crippen LogP contribution >= 0.6 is 0 Å². The second-order valence-corrected chi connectivity index (χ2v) is 7.26. The van der Waals surface area contributed by atoms with Crippen molar-refractivity contribution < 1.29 is 4.52 Å². The van der Waals surface area contributed by atoms with E-state index < -0.39 is 0 Å². The van der Waals surface area contributed by atoms with Gasteiger partial charge >= 0.3 is 0 Å². The van der Waals surface area contributed by atoms with Gasteiger partial charge in [-0.25, -0.2) is 9.97 Å². The number of anilines is 1. The number of nitrogens with two attached hydrogens (primary N) is 1. The lowest BCUT2D eigenvalue weighted by Gasteiger charge is -2.39. The summed E-state index contributed by atoms with van der Waals surface area (Å²) in [7, 11) is 0. The summed E-state index contributed by atoms with van der Waals surface area (Å²) in [5.74, 6) is 1.45. The van der Waals surface area contributed by atoms with Gasteiger partial charge in [0.25, 0.3) is 5.89 Å². The van der Waals surface area contributed by atoms with Crippen LogP contribution in [0.5, 0.6) is 0 Å². The van der Waals surface area contributed by atoms with Crippen molar-refractivity contribution in [3.63, 3.8) is 0 Å². The number of hydrogen-bond donors (Lipinski definition) is 1. The second kappa shape index (κ2) is 6.73. The van der Waals surface area contributed by atoms with Crippen LogP contribution in [0.25, 0.3) is 22.7 Å². The Labute approximate surface area is 167 Å². The molecule has 1 fully saturated rings. The zero-order valence-electron chi connectivity index (χ0n) is 15.9. The Hall–Kier alpha value is -3.68. The number of aromatic nitrogens is 6. The predicted octanol–water partition coefficient (Wildman–Crippen LogP) is 3.34. The van der Waals surface area contributed by atoms with Crippen LogP contribution in [-0.4, -0.2) is 30.1 Å². The third-order valence-corrected chi connectivity index (χ3v) is 5.58. The fraction of sp³-hybridized carbons (Fsp3) is 0.238. The summed E-state index contributed by atoms with van der Waals surface area (Å²) in [6.45, 7) is 1.93. The van der Waals surface area contributed by atoms with Gasteiger partial charge in [-0.3, -0.25) is 9.97 Å². The van der Waals surface area contributed by atoms with Gasteiger partial charge < -0.3 is 10.3 Å². The number of nitrogens with zero attached hydrogens (tertiary/aromatic N) is 6. The van der Waals surface area contributed by atoms with Gasteiger partial charge in [0.15, 0.2) is 5.82 Å². The molecule has 4 aromatic rings. The van der Waals surface area contributed by atoms with Gasteiger partial charge in [0.2, 0.25) is 5.95 Å². The molecule has 0 radical (unpaired) electrons. The topological polar surface area (TPSA) is 116 Å². The lowest BCUT2D eigenvalue weighted by molar-refractivity contribution is 0.272. The zero-order chi connectivity index (χ0) is 19.8. The minimum Gasteiger partial charge on any atom is -0.368 e. The van der Waals surface area contributed by atoms with Crippen LogP contribution in [0.3, 0.4) is 0 Å². The van der Waals surface area contributed by atoms with E-state index in [1.165, 1.54) is 0 Å². The Bertz CT molecular complexity index is 1150. The highest BCUT2D eigenvalue weighted by Gasteiger charge is 2.45. The van der Waals surface area contributed by atoms with Gasteiger partial charge in [-0.2, -0.15) is 4.98 Å². The van der Waals surface area contributed by atoms with Gasteiger partial charge in [-0.05, 0) is 43.5 Å². The van der Waals surface area contributed by atoms with Gasteiger partial charge in [0.05, 0.1) is 16.7 Å². The van der Waals surface area contributed by atoms with Crippen molar-refractivity contribution in [2.75, 3.05) is 5.73 Å². The molecule has 4 heterocycles. The standard InChI is InChI=1S/C21H19N7O/c1-13-16(4-2-9-23-13)18-27-19(28-29-18)21(7-3-8-21)15-5-6-17(24-12-15)14-10-25-20(22)26-11-14/h2,4-6,9-12H,3,7-8H2,1H3,(H2,22,25,26). The van der Waals surface area contributed by atoms with E-state index in [1.54, 1.807) is 18.6 Å². The molecule has 1 aliphatic rings. The van der Waals surface area contributed by atoms with Crippen molar-refractivity contribution in [2.45, 2.75) is 31.6 Å². The molecule has 0 spiro atoms. The number of aryl methyl sites for hydroxylation is 1. The molecule has 8 heteroatoms. The van der Waals surface area contributed by atoms with Crippen LogP contribution in [-0.2, 0) is 5.41 Å². The molecule has 1 saturated carbocycles. The van der Waals surface area contributed by atoms with Crippen LogP contribution in [0.15, 0.2) is 53.6 Å². The Morgan fingerprint density at radius 2 is 1.83 bits per heavy atom. The Balaban J connectivity index is 1.48. The molecular formula is C21H19N7O. The molecule has 0 aromatic carbocycles. The smallest absolute Gasteiger partial charge is 0.259 e. The number of rotatable bonds is 4. The fourth-order valence-corrected chi connectivity index (χ4v) is 3.73. The molecule has 0 amide bonds. The second-order valence-electron chi connectivity index (χ2n) is 7.26. The summed E-state index contributed by atoms with van der Waals surface area (Å²) in [6, 6.07) is 7.85. The van der Waals surface area contributed by atoms with Crippen LogP contribution in [0, 0.1) is 6.92 Å². The van der Waals surface area contributed by atoms with Crippen LogP contribution in [0.4, 0.5) is 5.95 Å². The summed E-state index contributed by atoms with van der Waals surface area (Å²) in [5.41, 5.74) is 9.72. The normalized spacial score (nSPS) is 15.1. The van der Waals surface area contributed by atoms with Crippen LogP contribution in [0.2, 0.25) is 0 Å². The number of pyridine rings is 2. The van der Waals surface area contributed by atoms with E-state index >= 15 is 0 Å². The molecule has 2 N–H and O–H groups in total. The van der Waals surface area contributed by atoms with Crippen LogP contribution < -0.4 is 5.73 Å². The highest BCUT2D eigenvalue weighted by Crippen LogP contribution is 2.48. The largest absolute Gasteiger partial charge is 0.368 e. The van der Waals surface area contributed by atoms with E-state index in [1.807, 2.05) is 31.3 Å². The van der Waals surface area contributed by atoms with Gasteiger partial charge in [-0.15, -0.1) is 0 Å². The molecule has 0 unspecified atom stereocenters. The van der Waals surface area contributed by atoms with E-state index in [9.17, 15) is 0 Å². The molecule has 0 bridgehead atoms. The SMILES string of the molecule is Cc1ncccc1-c1nc(C2(c3ccc(-c4cnc(N)nc4)nc3)CCC2)no1. The molecule has 8 nitrogen and oxygen atoms in total. The molecule has 4 aromatic heterocycles. The molecule has 0 atom stereocenters. The van der Waals surface area contributed by atoms with Crippen molar-refractivity contribution >= 4 is 5.95 Å². The molecular weight excluding hydrogens is 366 g/mol. The maximum absolute atomic E-state index is 5.59. The highest BCUT2D eigenvalue weighted by molar-refractivity contribution is 5.58. The first-order valence-electron chi connectivity index (χ1n) is 9.46. The van der Waals surface area contributed by atoms with Crippen molar-refractivity contribution in [3.8, 4) is 22.7 Å². The first-order chi connectivity index (χ1) is 14.2. The average molecular weight is 385 g/mol. The van der Waals surface area contributed by atoms with Crippen molar-refractivity contribution in [2.24, 2.45) is 0 Å². The maximum atomic E-state index is 5.59. The lowest BCUT2D eigenvalue weighted by Crippen LogP contribution is -2.36. The van der Waals surface area contributed by atoms with E-state index in [0.29, 0.717) is 11.7 Å². The first kappa shape index (κ1) is 17.4. The van der Waals surface area contributed by atoms with E-state index in [4.69, 9.17) is 15.2 Å². The van der Waals surface area contributed by atoms with E-state index in [-0.39, 0.29) is 11.4 Å². The minimum absolute atomic E-state index is 0.246. The summed E-state index contributed by atoms with van der Waals surface area (Å²) < 4.78 is 5.59. The van der Waals surface area contributed by atoms with Gasteiger partial charge in [-0.1, -0.05) is 17.6 Å². The molecule has 0 aliphatic heterocycles. The quantitative estimate of drug-likeness (QED) is 0.568. The van der Waals surface area contributed by atoms with Crippen molar-refractivity contribution in [3.05, 3.63) is 66.1 Å². The molecule has 5 rings (SSSR count). The monoisotopic (exact) mass is 385 g/mol.